The molecule has 130 valence electrons. The summed E-state index contributed by atoms with van der Waals surface area (Å²) in [4.78, 5) is 25.8. The Morgan fingerprint density at radius 1 is 1.32 bits per heavy atom. The second-order valence-corrected chi connectivity index (χ2v) is 7.56. The lowest BCUT2D eigenvalue weighted by atomic mass is 9.86. The van der Waals surface area contributed by atoms with Crippen molar-refractivity contribution in [1.82, 2.24) is 20.3 Å². The fourth-order valence-corrected chi connectivity index (χ4v) is 4.02. The van der Waals surface area contributed by atoms with E-state index >= 15 is 0 Å². The van der Waals surface area contributed by atoms with Crippen LogP contribution in [-0.4, -0.2) is 33.4 Å². The van der Waals surface area contributed by atoms with Gasteiger partial charge in [0.05, 0.1) is 10.4 Å². The molecule has 0 aliphatic heterocycles. The summed E-state index contributed by atoms with van der Waals surface area (Å²) in [6.07, 6.45) is 5.90. The van der Waals surface area contributed by atoms with Crippen LogP contribution < -0.4 is 11.1 Å². The predicted molar refractivity (Wildman–Crippen MR) is 99.5 cm³/mol. The summed E-state index contributed by atoms with van der Waals surface area (Å²) in [7, 11) is 0. The first-order valence-corrected chi connectivity index (χ1v) is 9.51. The van der Waals surface area contributed by atoms with Crippen LogP contribution in [0.4, 0.5) is 0 Å². The van der Waals surface area contributed by atoms with Gasteiger partial charge in [-0.15, -0.1) is 11.3 Å². The number of aromatic nitrogens is 3. The zero-order valence-electron chi connectivity index (χ0n) is 13.9. The number of nitrogens with two attached hydrogens (primary N) is 1. The number of hydrogen-bond donors (Lipinski definition) is 3. The van der Waals surface area contributed by atoms with E-state index in [1.807, 2.05) is 17.5 Å². The van der Waals surface area contributed by atoms with Crippen LogP contribution in [-0.2, 0) is 0 Å². The molecule has 0 bridgehead atoms. The van der Waals surface area contributed by atoms with Crippen molar-refractivity contribution in [2.75, 3.05) is 6.54 Å². The van der Waals surface area contributed by atoms with E-state index in [1.54, 1.807) is 23.6 Å². The molecule has 6 nitrogen and oxygen atoms in total. The first-order chi connectivity index (χ1) is 12.2. The molecule has 0 saturated heterocycles. The molecule has 4 rings (SSSR count). The maximum Gasteiger partial charge on any atom is 0.253 e. The van der Waals surface area contributed by atoms with Crippen LogP contribution in [0.5, 0.6) is 0 Å². The third-order valence-electron chi connectivity index (χ3n) is 4.83. The number of imidazole rings is 1. The number of aromatic amines is 1. The fraction of sp³-hybridized carbons (Fsp3) is 0.389. The number of carbonyl (C=O) groups excluding carboxylic acids is 1. The van der Waals surface area contributed by atoms with Gasteiger partial charge in [0.25, 0.3) is 5.91 Å². The highest BCUT2D eigenvalue weighted by Crippen LogP contribution is 2.25. The Kier molecular flexibility index (Phi) is 4.50. The molecule has 0 radical (unpaired) electrons. The van der Waals surface area contributed by atoms with Crippen LogP contribution >= 0.6 is 11.3 Å². The van der Waals surface area contributed by atoms with Gasteiger partial charge in [0.2, 0.25) is 0 Å². The van der Waals surface area contributed by atoms with Gasteiger partial charge in [-0.25, -0.2) is 9.97 Å². The standard InChI is InChI=1S/C18H21N5OS/c19-12-5-3-11(4-6-12)10-21-18(24)13-7-8-20-17-15(13)22-16(23-17)14-2-1-9-25-14/h1-2,7-9,11-12H,3-6,10,19H2,(H,21,24)(H,20,22,23)/t11-,12+. The van der Waals surface area contributed by atoms with E-state index < -0.39 is 0 Å². The number of fused-ring (bicyclic) bond motifs is 1. The molecule has 1 aliphatic rings. The minimum atomic E-state index is -0.0912. The Hall–Kier alpha value is -2.25. The monoisotopic (exact) mass is 355 g/mol. The number of nitrogens with zero attached hydrogens (tertiary/aromatic N) is 2. The van der Waals surface area contributed by atoms with Crippen molar-refractivity contribution in [3.05, 3.63) is 35.3 Å². The molecule has 1 saturated carbocycles. The summed E-state index contributed by atoms with van der Waals surface area (Å²) in [5.41, 5.74) is 7.77. The van der Waals surface area contributed by atoms with E-state index in [1.165, 1.54) is 0 Å². The quantitative estimate of drug-likeness (QED) is 0.670. The summed E-state index contributed by atoms with van der Waals surface area (Å²) in [6.45, 7) is 0.692. The Labute approximate surface area is 149 Å². The van der Waals surface area contributed by atoms with Gasteiger partial charge in [-0.3, -0.25) is 4.79 Å². The molecule has 0 spiro atoms. The van der Waals surface area contributed by atoms with E-state index in [0.29, 0.717) is 35.2 Å². The lowest BCUT2D eigenvalue weighted by Crippen LogP contribution is -2.34. The number of hydrogen-bond acceptors (Lipinski definition) is 5. The highest BCUT2D eigenvalue weighted by Gasteiger charge is 2.20. The summed E-state index contributed by atoms with van der Waals surface area (Å²) in [6, 6.07) is 6.03. The molecule has 0 atom stereocenters. The first kappa shape index (κ1) is 16.2. The minimum absolute atomic E-state index is 0.0912. The van der Waals surface area contributed by atoms with Crippen LogP contribution in [0.15, 0.2) is 29.8 Å². The SMILES string of the molecule is N[C@H]1CC[C@@H](CNC(=O)c2ccnc3[nH]c(-c4cccs4)nc23)CC1. The van der Waals surface area contributed by atoms with Gasteiger partial charge in [-0.2, -0.15) is 0 Å². The minimum Gasteiger partial charge on any atom is -0.352 e. The van der Waals surface area contributed by atoms with Crippen molar-refractivity contribution in [2.45, 2.75) is 31.7 Å². The molecule has 3 aromatic heterocycles. The lowest BCUT2D eigenvalue weighted by Gasteiger charge is -2.26. The van der Waals surface area contributed by atoms with Gasteiger partial charge in [0, 0.05) is 18.8 Å². The van der Waals surface area contributed by atoms with Crippen molar-refractivity contribution in [1.29, 1.82) is 0 Å². The van der Waals surface area contributed by atoms with Crippen molar-refractivity contribution >= 4 is 28.4 Å². The molecule has 25 heavy (non-hydrogen) atoms. The third kappa shape index (κ3) is 3.43. The fourth-order valence-electron chi connectivity index (χ4n) is 3.35. The van der Waals surface area contributed by atoms with Crippen LogP contribution in [0, 0.1) is 5.92 Å². The Balaban J connectivity index is 1.51. The van der Waals surface area contributed by atoms with Crippen LogP contribution in [0.3, 0.4) is 0 Å². The van der Waals surface area contributed by atoms with Gasteiger partial charge in [-0.05, 0) is 49.1 Å². The third-order valence-corrected chi connectivity index (χ3v) is 5.70. The number of carbonyl (C=O) groups is 1. The normalized spacial score (nSPS) is 20.7. The molecule has 3 heterocycles. The second-order valence-electron chi connectivity index (χ2n) is 6.61. The van der Waals surface area contributed by atoms with E-state index in [0.717, 1.165) is 36.4 Å². The van der Waals surface area contributed by atoms with Gasteiger partial charge < -0.3 is 16.0 Å². The molecular formula is C18H21N5OS. The maximum absolute atomic E-state index is 12.6. The van der Waals surface area contributed by atoms with Crippen LogP contribution in [0.1, 0.15) is 36.0 Å². The Bertz CT molecular complexity index is 865. The molecule has 0 unspecified atom stereocenters. The van der Waals surface area contributed by atoms with Gasteiger partial charge in [0.15, 0.2) is 5.65 Å². The summed E-state index contributed by atoms with van der Waals surface area (Å²) >= 11 is 1.60. The van der Waals surface area contributed by atoms with E-state index in [2.05, 4.69) is 20.3 Å². The molecular weight excluding hydrogens is 334 g/mol. The molecule has 3 aromatic rings. The number of rotatable bonds is 4. The predicted octanol–water partition coefficient (Wildman–Crippen LogP) is 2.93. The maximum atomic E-state index is 12.6. The zero-order valence-corrected chi connectivity index (χ0v) is 14.7. The number of nitrogens with one attached hydrogen (secondary N) is 2. The number of pyridine rings is 1. The molecule has 7 heteroatoms. The van der Waals surface area contributed by atoms with E-state index in [-0.39, 0.29) is 5.91 Å². The molecule has 0 aromatic carbocycles. The summed E-state index contributed by atoms with van der Waals surface area (Å²) < 4.78 is 0. The number of H-pyrrole nitrogens is 1. The highest BCUT2D eigenvalue weighted by atomic mass is 32.1. The largest absolute Gasteiger partial charge is 0.352 e. The lowest BCUT2D eigenvalue weighted by molar-refractivity contribution is 0.0944. The highest BCUT2D eigenvalue weighted by molar-refractivity contribution is 7.13. The molecule has 1 amide bonds. The van der Waals surface area contributed by atoms with Gasteiger partial charge >= 0.3 is 0 Å². The topological polar surface area (TPSA) is 96.7 Å². The smallest absolute Gasteiger partial charge is 0.253 e. The average Bonchev–Trinajstić information content (AvgIpc) is 3.29. The van der Waals surface area contributed by atoms with Crippen molar-refractivity contribution in [3.8, 4) is 10.7 Å². The Morgan fingerprint density at radius 3 is 2.92 bits per heavy atom. The Morgan fingerprint density at radius 2 is 2.16 bits per heavy atom. The number of thiophene rings is 1. The van der Waals surface area contributed by atoms with Crippen molar-refractivity contribution in [3.63, 3.8) is 0 Å². The molecule has 1 fully saturated rings. The van der Waals surface area contributed by atoms with Gasteiger partial charge in [0.1, 0.15) is 11.3 Å². The first-order valence-electron chi connectivity index (χ1n) is 8.63. The molecule has 1 aliphatic carbocycles. The van der Waals surface area contributed by atoms with Crippen LogP contribution in [0.25, 0.3) is 21.9 Å². The summed E-state index contributed by atoms with van der Waals surface area (Å²) in [5, 5.41) is 5.06. The van der Waals surface area contributed by atoms with Crippen LogP contribution in [0.2, 0.25) is 0 Å². The summed E-state index contributed by atoms with van der Waals surface area (Å²) in [5.74, 6) is 1.17. The number of amides is 1. The van der Waals surface area contributed by atoms with Gasteiger partial charge in [-0.1, -0.05) is 6.07 Å². The second kappa shape index (κ2) is 6.93. The molecule has 4 N–H and O–H groups in total. The van der Waals surface area contributed by atoms with Crippen molar-refractivity contribution in [2.24, 2.45) is 11.7 Å². The van der Waals surface area contributed by atoms with Crippen molar-refractivity contribution < 1.29 is 4.79 Å². The zero-order chi connectivity index (χ0) is 17.2. The average molecular weight is 355 g/mol. The van der Waals surface area contributed by atoms with E-state index in [4.69, 9.17) is 5.73 Å². The van der Waals surface area contributed by atoms with E-state index in [9.17, 15) is 4.79 Å².